The van der Waals surface area contributed by atoms with Gasteiger partial charge in [0.1, 0.15) is 18.2 Å². The largest absolute Gasteiger partial charge is 0.480 e. The molecule has 26 heavy (non-hydrogen) atoms. The molecule has 2 aromatic carbocycles. The maximum atomic E-state index is 12.8. The van der Waals surface area contributed by atoms with Crippen LogP contribution in [-0.4, -0.2) is 31.2 Å². The van der Waals surface area contributed by atoms with Crippen molar-refractivity contribution >= 4 is 18.0 Å². The van der Waals surface area contributed by atoms with Crippen LogP contribution in [0.25, 0.3) is 0 Å². The molecule has 132 valence electrons. The molecule has 0 aliphatic carbocycles. The first-order chi connectivity index (χ1) is 12.6. The van der Waals surface area contributed by atoms with Crippen LogP contribution in [0.3, 0.4) is 0 Å². The Bertz CT molecular complexity index is 842. The summed E-state index contributed by atoms with van der Waals surface area (Å²) in [6.07, 6.45) is 6.56. The number of hydrogen-bond donors (Lipinski definition) is 2. The molecule has 0 aliphatic rings. The molecule has 2 rings (SSSR count). The Balaban J connectivity index is 1.83. The monoisotopic (exact) mass is 353 g/mol. The number of benzene rings is 2. The summed E-state index contributed by atoms with van der Waals surface area (Å²) in [6.45, 7) is -0.157. The fraction of sp³-hybridized carbons (Fsp3) is 0.105. The van der Waals surface area contributed by atoms with E-state index >= 15 is 0 Å². The van der Waals surface area contributed by atoms with Crippen LogP contribution in [0.5, 0.6) is 5.75 Å². The van der Waals surface area contributed by atoms with Gasteiger partial charge in [0.25, 0.3) is 11.8 Å². The first-order valence-electron chi connectivity index (χ1n) is 7.61. The van der Waals surface area contributed by atoms with E-state index in [1.165, 1.54) is 30.5 Å². The Kier molecular flexibility index (Phi) is 6.89. The summed E-state index contributed by atoms with van der Waals surface area (Å²) in [6, 6.07) is 12.0. The third kappa shape index (κ3) is 5.76. The molecule has 0 atom stereocenters. The normalized spacial score (nSPS) is 10.2. The molecular weight excluding hydrogens is 337 g/mol. The molecule has 0 saturated heterocycles. The topological polar surface area (TPSA) is 79.8 Å². The van der Waals surface area contributed by atoms with Crippen molar-refractivity contribution in [3.63, 3.8) is 0 Å². The molecule has 2 aromatic rings. The highest BCUT2D eigenvalue weighted by Gasteiger charge is 2.07. The quantitative estimate of drug-likeness (QED) is 0.452. The molecule has 0 aliphatic heterocycles. The highest BCUT2D eigenvalue weighted by Crippen LogP contribution is 2.15. The van der Waals surface area contributed by atoms with Gasteiger partial charge in [0, 0.05) is 11.1 Å². The van der Waals surface area contributed by atoms with Gasteiger partial charge < -0.3 is 10.1 Å². The lowest BCUT2D eigenvalue weighted by Crippen LogP contribution is -2.34. The van der Waals surface area contributed by atoms with Gasteiger partial charge in [0.2, 0.25) is 0 Å². The lowest BCUT2D eigenvalue weighted by atomic mass is 10.2. The molecule has 0 radical (unpaired) electrons. The number of ether oxygens (including phenoxy) is 1. The molecule has 2 amide bonds. The Morgan fingerprint density at radius 1 is 1.19 bits per heavy atom. The SMILES string of the molecule is C#CCOc1ccccc1/C=N\NC(=O)CNC(=O)c1ccc(F)cc1. The van der Waals surface area contributed by atoms with Crippen LogP contribution in [0, 0.1) is 18.2 Å². The average molecular weight is 353 g/mol. The van der Waals surface area contributed by atoms with Crippen molar-refractivity contribution in [2.24, 2.45) is 5.10 Å². The van der Waals surface area contributed by atoms with Crippen LogP contribution in [0.4, 0.5) is 4.39 Å². The zero-order chi connectivity index (χ0) is 18.8. The summed E-state index contributed by atoms with van der Waals surface area (Å²) in [4.78, 5) is 23.5. The van der Waals surface area contributed by atoms with E-state index in [9.17, 15) is 14.0 Å². The number of halogens is 1. The summed E-state index contributed by atoms with van der Waals surface area (Å²) in [7, 11) is 0. The Morgan fingerprint density at radius 3 is 2.65 bits per heavy atom. The summed E-state index contributed by atoms with van der Waals surface area (Å²) in [5, 5.41) is 6.23. The first kappa shape index (κ1) is 18.7. The molecule has 0 fully saturated rings. The minimum absolute atomic E-state index is 0.118. The Morgan fingerprint density at radius 2 is 1.92 bits per heavy atom. The van der Waals surface area contributed by atoms with Gasteiger partial charge in [0.15, 0.2) is 0 Å². The van der Waals surface area contributed by atoms with Crippen LogP contribution in [0.15, 0.2) is 53.6 Å². The zero-order valence-corrected chi connectivity index (χ0v) is 13.7. The van der Waals surface area contributed by atoms with E-state index in [-0.39, 0.29) is 18.7 Å². The minimum atomic E-state index is -0.515. The van der Waals surface area contributed by atoms with Gasteiger partial charge in [-0.05, 0) is 36.4 Å². The van der Waals surface area contributed by atoms with Crippen LogP contribution < -0.4 is 15.5 Å². The lowest BCUT2D eigenvalue weighted by Gasteiger charge is -2.06. The molecule has 0 saturated carbocycles. The molecule has 0 spiro atoms. The summed E-state index contributed by atoms with van der Waals surface area (Å²) < 4.78 is 18.2. The third-order valence-corrected chi connectivity index (χ3v) is 3.14. The third-order valence-electron chi connectivity index (χ3n) is 3.14. The molecule has 7 heteroatoms. The van der Waals surface area contributed by atoms with Gasteiger partial charge in [-0.25, -0.2) is 9.82 Å². The fourth-order valence-corrected chi connectivity index (χ4v) is 1.92. The molecular formula is C19H16FN3O3. The maximum absolute atomic E-state index is 12.8. The van der Waals surface area contributed by atoms with Crippen molar-refractivity contribution in [1.82, 2.24) is 10.7 Å². The van der Waals surface area contributed by atoms with Gasteiger partial charge in [-0.2, -0.15) is 5.10 Å². The second-order valence-electron chi connectivity index (χ2n) is 5.01. The van der Waals surface area contributed by atoms with Gasteiger partial charge in [-0.15, -0.1) is 6.42 Å². The van der Waals surface area contributed by atoms with E-state index < -0.39 is 17.6 Å². The summed E-state index contributed by atoms with van der Waals surface area (Å²) >= 11 is 0. The van der Waals surface area contributed by atoms with Crippen LogP contribution in [0.1, 0.15) is 15.9 Å². The molecule has 0 bridgehead atoms. The molecule has 2 N–H and O–H groups in total. The van der Waals surface area contributed by atoms with Crippen molar-refractivity contribution in [2.45, 2.75) is 0 Å². The van der Waals surface area contributed by atoms with Crippen LogP contribution in [0.2, 0.25) is 0 Å². The van der Waals surface area contributed by atoms with E-state index in [1.54, 1.807) is 24.3 Å². The number of carbonyl (C=O) groups excluding carboxylic acids is 2. The highest BCUT2D eigenvalue weighted by atomic mass is 19.1. The fourth-order valence-electron chi connectivity index (χ4n) is 1.92. The molecule has 0 unspecified atom stereocenters. The summed E-state index contributed by atoms with van der Waals surface area (Å²) in [5.41, 5.74) is 3.18. The Labute approximate surface area is 150 Å². The summed E-state index contributed by atoms with van der Waals surface area (Å²) in [5.74, 6) is 1.45. The van der Waals surface area contributed by atoms with Crippen molar-refractivity contribution in [3.8, 4) is 18.1 Å². The van der Waals surface area contributed by atoms with Crippen molar-refractivity contribution in [1.29, 1.82) is 0 Å². The number of nitrogens with zero attached hydrogens (tertiary/aromatic N) is 1. The van der Waals surface area contributed by atoms with Crippen molar-refractivity contribution < 1.29 is 18.7 Å². The smallest absolute Gasteiger partial charge is 0.259 e. The van der Waals surface area contributed by atoms with Crippen molar-refractivity contribution in [2.75, 3.05) is 13.2 Å². The van der Waals surface area contributed by atoms with E-state index in [2.05, 4.69) is 21.8 Å². The van der Waals surface area contributed by atoms with Gasteiger partial charge >= 0.3 is 0 Å². The number of hydrogen-bond acceptors (Lipinski definition) is 4. The van der Waals surface area contributed by atoms with Gasteiger partial charge in [0.05, 0.1) is 12.8 Å². The van der Waals surface area contributed by atoms with Crippen LogP contribution >= 0.6 is 0 Å². The van der Waals surface area contributed by atoms with E-state index in [1.807, 2.05) is 0 Å². The van der Waals surface area contributed by atoms with Gasteiger partial charge in [-0.1, -0.05) is 18.1 Å². The number of carbonyl (C=O) groups is 2. The standard InChI is InChI=1S/C19H16FN3O3/c1-2-11-26-17-6-4-3-5-15(17)12-22-23-18(24)13-21-19(25)14-7-9-16(20)10-8-14/h1,3-10,12H,11,13H2,(H,21,25)(H,23,24)/b22-12-. The second kappa shape index (κ2) is 9.59. The maximum Gasteiger partial charge on any atom is 0.259 e. The number of amides is 2. The molecule has 6 nitrogen and oxygen atoms in total. The number of terminal acetylenes is 1. The average Bonchev–Trinajstić information content (AvgIpc) is 2.66. The Hall–Kier alpha value is -3.66. The van der Waals surface area contributed by atoms with E-state index in [0.29, 0.717) is 11.3 Å². The number of rotatable bonds is 7. The predicted molar refractivity (Wildman–Crippen MR) is 95.2 cm³/mol. The predicted octanol–water partition coefficient (Wildman–Crippen LogP) is 1.72. The zero-order valence-electron chi connectivity index (χ0n) is 13.7. The number of para-hydroxylation sites is 1. The van der Waals surface area contributed by atoms with Crippen LogP contribution in [-0.2, 0) is 4.79 Å². The first-order valence-corrected chi connectivity index (χ1v) is 7.61. The second-order valence-corrected chi connectivity index (χ2v) is 5.01. The molecule has 0 heterocycles. The van der Waals surface area contributed by atoms with Gasteiger partial charge in [-0.3, -0.25) is 9.59 Å². The number of nitrogens with one attached hydrogen (secondary N) is 2. The van der Waals surface area contributed by atoms with Crippen molar-refractivity contribution in [3.05, 3.63) is 65.5 Å². The highest BCUT2D eigenvalue weighted by molar-refractivity contribution is 5.96. The van der Waals surface area contributed by atoms with E-state index in [4.69, 9.17) is 11.2 Å². The lowest BCUT2D eigenvalue weighted by molar-refractivity contribution is -0.120. The van der Waals surface area contributed by atoms with E-state index in [0.717, 1.165) is 0 Å². The molecule has 0 aromatic heterocycles. The minimum Gasteiger partial charge on any atom is -0.480 e. The number of hydrazone groups is 1.